The lowest BCUT2D eigenvalue weighted by atomic mass is 10.2. The molecule has 0 radical (unpaired) electrons. The number of hydrogen-bond donors (Lipinski definition) is 3. The highest BCUT2D eigenvalue weighted by Gasteiger charge is 2.15. The minimum Gasteiger partial charge on any atom is -0.368 e. The molecule has 7 nitrogen and oxygen atoms in total. The summed E-state index contributed by atoms with van der Waals surface area (Å²) in [5.74, 6) is -1.17. The van der Waals surface area contributed by atoms with Gasteiger partial charge in [-0.3, -0.25) is 14.3 Å². The SMILES string of the molecule is Cc1ccc(NS(=O)(=O)c2ccc(C(=O)NCC(N)=O)cc2)cc1. The summed E-state index contributed by atoms with van der Waals surface area (Å²) < 4.78 is 27.1. The van der Waals surface area contributed by atoms with E-state index in [0.717, 1.165) is 5.56 Å². The van der Waals surface area contributed by atoms with Gasteiger partial charge in [-0.2, -0.15) is 0 Å². The van der Waals surface area contributed by atoms with Gasteiger partial charge >= 0.3 is 0 Å². The number of sulfonamides is 1. The van der Waals surface area contributed by atoms with Gasteiger partial charge in [0.05, 0.1) is 11.4 Å². The topological polar surface area (TPSA) is 118 Å². The van der Waals surface area contributed by atoms with E-state index in [2.05, 4.69) is 10.0 Å². The number of carbonyl (C=O) groups is 2. The van der Waals surface area contributed by atoms with Crippen molar-refractivity contribution in [2.24, 2.45) is 5.73 Å². The van der Waals surface area contributed by atoms with Gasteiger partial charge in [0.2, 0.25) is 5.91 Å². The number of rotatable bonds is 6. The smallest absolute Gasteiger partial charge is 0.261 e. The lowest BCUT2D eigenvalue weighted by Gasteiger charge is -2.09. The predicted molar refractivity (Wildman–Crippen MR) is 90.0 cm³/mol. The van der Waals surface area contributed by atoms with Crippen LogP contribution in [0.2, 0.25) is 0 Å². The van der Waals surface area contributed by atoms with Gasteiger partial charge in [-0.05, 0) is 43.3 Å². The third-order valence-corrected chi connectivity index (χ3v) is 4.55. The van der Waals surface area contributed by atoms with Gasteiger partial charge in [0.25, 0.3) is 15.9 Å². The second-order valence-corrected chi connectivity index (χ2v) is 6.83. The maximum Gasteiger partial charge on any atom is 0.261 e. The molecule has 2 aromatic rings. The molecule has 0 spiro atoms. The van der Waals surface area contributed by atoms with E-state index in [9.17, 15) is 18.0 Å². The minimum absolute atomic E-state index is 0.0227. The molecule has 0 heterocycles. The van der Waals surface area contributed by atoms with Crippen LogP contribution in [0, 0.1) is 6.92 Å². The minimum atomic E-state index is -3.75. The van der Waals surface area contributed by atoms with Crippen molar-refractivity contribution in [3.05, 3.63) is 59.7 Å². The zero-order chi connectivity index (χ0) is 17.7. The average molecular weight is 347 g/mol. The Bertz CT molecular complexity index is 844. The fourth-order valence-corrected chi connectivity index (χ4v) is 2.95. The van der Waals surface area contributed by atoms with Crippen molar-refractivity contribution in [3.63, 3.8) is 0 Å². The molecule has 0 saturated carbocycles. The van der Waals surface area contributed by atoms with Gasteiger partial charge in [0.15, 0.2) is 0 Å². The molecule has 0 unspecified atom stereocenters. The Labute approximate surface area is 139 Å². The van der Waals surface area contributed by atoms with Crippen molar-refractivity contribution < 1.29 is 18.0 Å². The van der Waals surface area contributed by atoms with Gasteiger partial charge in [0.1, 0.15) is 0 Å². The monoisotopic (exact) mass is 347 g/mol. The van der Waals surface area contributed by atoms with Crippen LogP contribution in [-0.4, -0.2) is 26.8 Å². The molecule has 2 amide bonds. The molecule has 24 heavy (non-hydrogen) atoms. The van der Waals surface area contributed by atoms with Gasteiger partial charge in [-0.1, -0.05) is 17.7 Å². The van der Waals surface area contributed by atoms with Crippen LogP contribution in [0.5, 0.6) is 0 Å². The maximum atomic E-state index is 12.3. The molecule has 0 aliphatic carbocycles. The van der Waals surface area contributed by atoms with Crippen LogP contribution in [0.25, 0.3) is 0 Å². The van der Waals surface area contributed by atoms with Gasteiger partial charge in [0, 0.05) is 11.3 Å². The van der Waals surface area contributed by atoms with E-state index in [1.54, 1.807) is 24.3 Å². The molecule has 0 bridgehead atoms. The highest BCUT2D eigenvalue weighted by atomic mass is 32.2. The van der Waals surface area contributed by atoms with E-state index in [0.29, 0.717) is 5.69 Å². The fraction of sp³-hybridized carbons (Fsp3) is 0.125. The first-order valence-electron chi connectivity index (χ1n) is 7.04. The zero-order valence-corrected chi connectivity index (χ0v) is 13.8. The molecule has 126 valence electrons. The van der Waals surface area contributed by atoms with Crippen LogP contribution in [0.1, 0.15) is 15.9 Å². The molecule has 2 aromatic carbocycles. The molecule has 8 heteroatoms. The first-order chi connectivity index (χ1) is 11.3. The number of anilines is 1. The summed E-state index contributed by atoms with van der Waals surface area (Å²) in [4.78, 5) is 22.4. The van der Waals surface area contributed by atoms with Crippen molar-refractivity contribution in [1.82, 2.24) is 5.32 Å². The average Bonchev–Trinajstić information content (AvgIpc) is 2.54. The quantitative estimate of drug-likeness (QED) is 0.722. The third-order valence-electron chi connectivity index (χ3n) is 3.15. The van der Waals surface area contributed by atoms with E-state index in [1.165, 1.54) is 24.3 Å². The molecular formula is C16H17N3O4S. The number of nitrogens with two attached hydrogens (primary N) is 1. The van der Waals surface area contributed by atoms with Crippen molar-refractivity contribution >= 4 is 27.5 Å². The molecule has 2 rings (SSSR count). The molecule has 0 aliphatic heterocycles. The number of benzene rings is 2. The summed E-state index contributed by atoms with van der Waals surface area (Å²) in [5, 5.41) is 2.32. The van der Waals surface area contributed by atoms with Crippen LogP contribution in [0.3, 0.4) is 0 Å². The van der Waals surface area contributed by atoms with E-state index >= 15 is 0 Å². The molecule has 0 aromatic heterocycles. The second kappa shape index (κ2) is 7.14. The summed E-state index contributed by atoms with van der Waals surface area (Å²) in [6.07, 6.45) is 0. The van der Waals surface area contributed by atoms with E-state index in [-0.39, 0.29) is 17.0 Å². The molecular weight excluding hydrogens is 330 g/mol. The van der Waals surface area contributed by atoms with E-state index in [4.69, 9.17) is 5.73 Å². The van der Waals surface area contributed by atoms with Gasteiger partial charge < -0.3 is 11.1 Å². The van der Waals surface area contributed by atoms with Crippen LogP contribution in [0.15, 0.2) is 53.4 Å². The van der Waals surface area contributed by atoms with Crippen LogP contribution in [0.4, 0.5) is 5.69 Å². The Morgan fingerprint density at radius 3 is 2.12 bits per heavy atom. The third kappa shape index (κ3) is 4.56. The van der Waals surface area contributed by atoms with Crippen molar-refractivity contribution in [3.8, 4) is 0 Å². The Balaban J connectivity index is 2.12. The molecule has 4 N–H and O–H groups in total. The van der Waals surface area contributed by atoms with Crippen LogP contribution >= 0.6 is 0 Å². The van der Waals surface area contributed by atoms with Crippen LogP contribution in [-0.2, 0) is 14.8 Å². The highest BCUT2D eigenvalue weighted by Crippen LogP contribution is 2.17. The summed E-state index contributed by atoms with van der Waals surface area (Å²) >= 11 is 0. The maximum absolute atomic E-state index is 12.3. The Hall–Kier alpha value is -2.87. The van der Waals surface area contributed by atoms with E-state index in [1.807, 2.05) is 6.92 Å². The van der Waals surface area contributed by atoms with E-state index < -0.39 is 21.8 Å². The Kier molecular flexibility index (Phi) is 5.20. The predicted octanol–water partition coefficient (Wildman–Crippen LogP) is 1.01. The zero-order valence-electron chi connectivity index (χ0n) is 12.9. The second-order valence-electron chi connectivity index (χ2n) is 5.14. The summed E-state index contributed by atoms with van der Waals surface area (Å²) in [6.45, 7) is 1.62. The highest BCUT2D eigenvalue weighted by molar-refractivity contribution is 7.92. The summed E-state index contributed by atoms with van der Waals surface area (Å²) in [5.41, 5.74) is 6.63. The van der Waals surface area contributed by atoms with Crippen LogP contribution < -0.4 is 15.8 Å². The standard InChI is InChI=1S/C16H17N3O4S/c1-11-2-6-13(7-3-11)19-24(22,23)14-8-4-12(5-9-14)16(21)18-10-15(17)20/h2-9,19H,10H2,1H3,(H2,17,20)(H,18,21). The number of amides is 2. The Morgan fingerprint density at radius 2 is 1.58 bits per heavy atom. The molecule has 0 atom stereocenters. The summed E-state index contributed by atoms with van der Waals surface area (Å²) in [6, 6.07) is 12.3. The molecule has 0 fully saturated rings. The number of carbonyl (C=O) groups excluding carboxylic acids is 2. The Morgan fingerprint density at radius 1 is 1.00 bits per heavy atom. The molecule has 0 aliphatic rings. The first kappa shape index (κ1) is 17.5. The van der Waals surface area contributed by atoms with Gasteiger partial charge in [-0.15, -0.1) is 0 Å². The van der Waals surface area contributed by atoms with Gasteiger partial charge in [-0.25, -0.2) is 8.42 Å². The number of hydrogen-bond acceptors (Lipinski definition) is 4. The number of aryl methyl sites for hydroxylation is 1. The lowest BCUT2D eigenvalue weighted by molar-refractivity contribution is -0.117. The fourth-order valence-electron chi connectivity index (χ4n) is 1.89. The van der Waals surface area contributed by atoms with Crippen molar-refractivity contribution in [1.29, 1.82) is 0 Å². The number of primary amides is 1. The lowest BCUT2D eigenvalue weighted by Crippen LogP contribution is -2.33. The number of nitrogens with one attached hydrogen (secondary N) is 2. The van der Waals surface area contributed by atoms with Crippen molar-refractivity contribution in [2.75, 3.05) is 11.3 Å². The largest absolute Gasteiger partial charge is 0.368 e. The summed E-state index contributed by atoms with van der Waals surface area (Å²) in [7, 11) is -3.75. The van der Waals surface area contributed by atoms with Crippen molar-refractivity contribution in [2.45, 2.75) is 11.8 Å². The first-order valence-corrected chi connectivity index (χ1v) is 8.52. The normalized spacial score (nSPS) is 10.9. The molecule has 0 saturated heterocycles.